The van der Waals surface area contributed by atoms with E-state index in [1.807, 2.05) is 12.1 Å². The first-order valence-electron chi connectivity index (χ1n) is 9.05. The fraction of sp³-hybridized carbons (Fsp3) is 0.250. The maximum Gasteiger partial charge on any atom is 0.321 e. The van der Waals surface area contributed by atoms with Gasteiger partial charge in [-0.15, -0.1) is 0 Å². The second-order valence-electron chi connectivity index (χ2n) is 6.62. The molecule has 3 amide bonds. The van der Waals surface area contributed by atoms with E-state index in [1.54, 1.807) is 50.5 Å². The summed E-state index contributed by atoms with van der Waals surface area (Å²) in [6, 6.07) is 10.1. The Hall–Kier alpha value is -3.20. The van der Waals surface area contributed by atoms with Gasteiger partial charge < -0.3 is 5.32 Å². The SMILES string of the molecule is CC(C)NC(=O)NC(=O)CSc1nc2ccccc2c(=O)n1Cc1ccncc1. The molecule has 8 nitrogen and oxygen atoms in total. The third kappa shape index (κ3) is 5.41. The molecule has 2 N–H and O–H groups in total. The lowest BCUT2D eigenvalue weighted by Gasteiger charge is -2.13. The van der Waals surface area contributed by atoms with Gasteiger partial charge in [0, 0.05) is 18.4 Å². The topological polar surface area (TPSA) is 106 Å². The zero-order valence-corrected chi connectivity index (χ0v) is 16.9. The van der Waals surface area contributed by atoms with Gasteiger partial charge in [0.05, 0.1) is 23.2 Å². The highest BCUT2D eigenvalue weighted by molar-refractivity contribution is 7.99. The summed E-state index contributed by atoms with van der Waals surface area (Å²) < 4.78 is 1.53. The van der Waals surface area contributed by atoms with Gasteiger partial charge >= 0.3 is 6.03 Å². The molecule has 2 aromatic heterocycles. The van der Waals surface area contributed by atoms with Crippen LogP contribution < -0.4 is 16.2 Å². The van der Waals surface area contributed by atoms with E-state index in [9.17, 15) is 14.4 Å². The van der Waals surface area contributed by atoms with Crippen LogP contribution >= 0.6 is 11.8 Å². The summed E-state index contributed by atoms with van der Waals surface area (Å²) in [5.41, 5.74) is 1.26. The van der Waals surface area contributed by atoms with Crippen LogP contribution in [0.4, 0.5) is 4.79 Å². The monoisotopic (exact) mass is 411 g/mol. The number of amides is 3. The molecule has 0 unspecified atom stereocenters. The Labute approximate surface area is 171 Å². The van der Waals surface area contributed by atoms with Crippen LogP contribution in [-0.2, 0) is 11.3 Å². The fourth-order valence-corrected chi connectivity index (χ4v) is 3.46. The van der Waals surface area contributed by atoms with E-state index in [1.165, 1.54) is 4.57 Å². The van der Waals surface area contributed by atoms with Crippen molar-refractivity contribution in [3.63, 3.8) is 0 Å². The van der Waals surface area contributed by atoms with Crippen molar-refractivity contribution in [2.45, 2.75) is 31.6 Å². The number of nitrogens with zero attached hydrogens (tertiary/aromatic N) is 3. The Kier molecular flexibility index (Phi) is 6.61. The fourth-order valence-electron chi connectivity index (χ4n) is 2.66. The van der Waals surface area contributed by atoms with Crippen molar-refractivity contribution < 1.29 is 9.59 Å². The molecule has 2 heterocycles. The molecule has 3 rings (SSSR count). The summed E-state index contributed by atoms with van der Waals surface area (Å²) in [6.07, 6.45) is 3.31. The summed E-state index contributed by atoms with van der Waals surface area (Å²) in [7, 11) is 0. The Bertz CT molecular complexity index is 1080. The Morgan fingerprint density at radius 3 is 2.59 bits per heavy atom. The highest BCUT2D eigenvalue weighted by Gasteiger charge is 2.15. The van der Waals surface area contributed by atoms with Gasteiger partial charge in [-0.05, 0) is 43.7 Å². The number of thioether (sulfide) groups is 1. The number of rotatable bonds is 6. The molecule has 0 bridgehead atoms. The van der Waals surface area contributed by atoms with Crippen LogP contribution in [0.25, 0.3) is 10.9 Å². The minimum atomic E-state index is -0.550. The molecule has 0 spiro atoms. The van der Waals surface area contributed by atoms with Gasteiger partial charge in [-0.3, -0.25) is 24.5 Å². The molecule has 0 fully saturated rings. The van der Waals surface area contributed by atoms with Gasteiger partial charge in [0.25, 0.3) is 5.56 Å². The van der Waals surface area contributed by atoms with Crippen LogP contribution in [0.1, 0.15) is 19.4 Å². The van der Waals surface area contributed by atoms with Gasteiger partial charge in [-0.1, -0.05) is 23.9 Å². The molecule has 3 aromatic rings. The lowest BCUT2D eigenvalue weighted by Crippen LogP contribution is -2.43. The second-order valence-corrected chi connectivity index (χ2v) is 7.57. The molecule has 0 saturated heterocycles. The standard InChI is InChI=1S/C20H21N5O3S/c1-13(2)22-19(28)24-17(26)12-29-20-23-16-6-4-3-5-15(16)18(27)25(20)11-14-7-9-21-10-8-14/h3-10,13H,11-12H2,1-2H3,(H2,22,24,26,28). The number of imide groups is 1. The number of carbonyl (C=O) groups is 2. The quantitative estimate of drug-likeness (QED) is 0.476. The third-order valence-corrected chi connectivity index (χ3v) is 4.90. The van der Waals surface area contributed by atoms with Gasteiger partial charge in [0.15, 0.2) is 5.16 Å². The number of para-hydroxylation sites is 1. The lowest BCUT2D eigenvalue weighted by atomic mass is 10.2. The number of benzene rings is 1. The second kappa shape index (κ2) is 9.33. The van der Waals surface area contributed by atoms with E-state index in [2.05, 4.69) is 20.6 Å². The predicted octanol–water partition coefficient (Wildman–Crippen LogP) is 2.17. The molecule has 0 aliphatic rings. The Morgan fingerprint density at radius 1 is 1.14 bits per heavy atom. The summed E-state index contributed by atoms with van der Waals surface area (Å²) in [4.78, 5) is 45.4. The number of hydrogen-bond donors (Lipinski definition) is 2. The number of carbonyl (C=O) groups excluding carboxylic acids is 2. The van der Waals surface area contributed by atoms with Crippen LogP contribution in [-0.4, -0.2) is 38.3 Å². The zero-order valence-electron chi connectivity index (χ0n) is 16.1. The summed E-state index contributed by atoms with van der Waals surface area (Å²) >= 11 is 1.11. The molecule has 150 valence electrons. The number of hydrogen-bond acceptors (Lipinski definition) is 6. The molecule has 0 radical (unpaired) electrons. The largest absolute Gasteiger partial charge is 0.336 e. The lowest BCUT2D eigenvalue weighted by molar-refractivity contribution is -0.117. The number of aromatic nitrogens is 3. The van der Waals surface area contributed by atoms with Crippen LogP contribution in [0.15, 0.2) is 58.7 Å². The van der Waals surface area contributed by atoms with Crippen molar-refractivity contribution in [3.8, 4) is 0 Å². The summed E-state index contributed by atoms with van der Waals surface area (Å²) in [5, 5.41) is 5.78. The molecular formula is C20H21N5O3S. The van der Waals surface area contributed by atoms with Crippen molar-refractivity contribution in [2.75, 3.05) is 5.75 Å². The van der Waals surface area contributed by atoms with Crippen molar-refractivity contribution in [1.82, 2.24) is 25.2 Å². The minimum Gasteiger partial charge on any atom is -0.336 e. The van der Waals surface area contributed by atoms with Gasteiger partial charge in [0.1, 0.15) is 0 Å². The van der Waals surface area contributed by atoms with E-state index in [-0.39, 0.29) is 17.4 Å². The molecule has 0 saturated carbocycles. The van der Waals surface area contributed by atoms with E-state index in [0.29, 0.717) is 22.6 Å². The highest BCUT2D eigenvalue weighted by Crippen LogP contribution is 2.18. The smallest absolute Gasteiger partial charge is 0.321 e. The molecule has 0 atom stereocenters. The van der Waals surface area contributed by atoms with Crippen molar-refractivity contribution in [1.29, 1.82) is 0 Å². The normalized spacial score (nSPS) is 10.9. The first kappa shape index (κ1) is 20.5. The van der Waals surface area contributed by atoms with E-state index >= 15 is 0 Å². The minimum absolute atomic E-state index is 0.0490. The zero-order chi connectivity index (χ0) is 20.8. The molecule has 0 aliphatic carbocycles. The summed E-state index contributed by atoms with van der Waals surface area (Å²) in [6.45, 7) is 3.90. The molecular weight excluding hydrogens is 390 g/mol. The maximum atomic E-state index is 13.0. The van der Waals surface area contributed by atoms with E-state index < -0.39 is 11.9 Å². The number of urea groups is 1. The Balaban J connectivity index is 1.85. The first-order chi connectivity index (χ1) is 13.9. The predicted molar refractivity (Wildman–Crippen MR) is 112 cm³/mol. The van der Waals surface area contributed by atoms with Crippen LogP contribution in [0.2, 0.25) is 0 Å². The summed E-state index contributed by atoms with van der Waals surface area (Å²) in [5.74, 6) is -0.516. The van der Waals surface area contributed by atoms with E-state index in [0.717, 1.165) is 17.3 Å². The average Bonchev–Trinajstić information content (AvgIpc) is 2.69. The molecule has 0 aliphatic heterocycles. The van der Waals surface area contributed by atoms with Crippen molar-refractivity contribution in [2.24, 2.45) is 0 Å². The molecule has 9 heteroatoms. The van der Waals surface area contributed by atoms with Crippen molar-refractivity contribution in [3.05, 3.63) is 64.7 Å². The Morgan fingerprint density at radius 2 is 1.86 bits per heavy atom. The van der Waals surface area contributed by atoms with E-state index in [4.69, 9.17) is 0 Å². The van der Waals surface area contributed by atoms with Crippen LogP contribution in [0.5, 0.6) is 0 Å². The molecule has 1 aromatic carbocycles. The van der Waals surface area contributed by atoms with Crippen molar-refractivity contribution >= 4 is 34.6 Å². The van der Waals surface area contributed by atoms with Crippen LogP contribution in [0.3, 0.4) is 0 Å². The first-order valence-corrected chi connectivity index (χ1v) is 10.0. The maximum absolute atomic E-state index is 13.0. The third-order valence-electron chi connectivity index (χ3n) is 3.92. The molecule has 29 heavy (non-hydrogen) atoms. The number of fused-ring (bicyclic) bond motifs is 1. The van der Waals surface area contributed by atoms with Gasteiger partial charge in [0.2, 0.25) is 5.91 Å². The van der Waals surface area contributed by atoms with Crippen LogP contribution in [0, 0.1) is 0 Å². The average molecular weight is 411 g/mol. The highest BCUT2D eigenvalue weighted by atomic mass is 32.2. The van der Waals surface area contributed by atoms with Gasteiger partial charge in [-0.25, -0.2) is 9.78 Å². The number of nitrogens with one attached hydrogen (secondary N) is 2. The number of pyridine rings is 1. The van der Waals surface area contributed by atoms with Gasteiger partial charge in [-0.2, -0.15) is 0 Å².